The van der Waals surface area contributed by atoms with E-state index >= 15 is 0 Å². The second-order valence-corrected chi connectivity index (χ2v) is 11.3. The lowest BCUT2D eigenvalue weighted by atomic mass is 9.82. The Bertz CT molecular complexity index is 1450. The van der Waals surface area contributed by atoms with Gasteiger partial charge >= 0.3 is 23.9 Å². The van der Waals surface area contributed by atoms with Gasteiger partial charge in [-0.3, -0.25) is 14.4 Å². The smallest absolute Gasteiger partial charge is 0.417 e. The zero-order chi connectivity index (χ0) is 29.3. The molecule has 0 radical (unpaired) electrons. The Morgan fingerprint density at radius 3 is 2.60 bits per heavy atom. The van der Waals surface area contributed by atoms with Crippen LogP contribution >= 0.6 is 35.3 Å². The number of amides is 3. The number of carbonyl (C=O) groups is 3. The van der Waals surface area contributed by atoms with Crippen molar-refractivity contribution >= 4 is 58.9 Å². The lowest BCUT2D eigenvalue weighted by Crippen LogP contribution is -2.56. The summed E-state index contributed by atoms with van der Waals surface area (Å²) in [5.41, 5.74) is 0.850. The normalized spacial score (nSPS) is 20.6. The van der Waals surface area contributed by atoms with Crippen LogP contribution in [-0.2, 0) is 28.7 Å². The maximum atomic E-state index is 13.2. The van der Waals surface area contributed by atoms with Crippen LogP contribution in [0.4, 0.5) is 19.0 Å². The lowest BCUT2D eigenvalue weighted by molar-refractivity contribution is -0.157. The number of halogens is 5. The Balaban J connectivity index is 0.00000405. The number of aromatic nitrogens is 4. The van der Waals surface area contributed by atoms with Gasteiger partial charge in [0.2, 0.25) is 5.89 Å². The number of carbonyl (C=O) groups excluding carboxylic acids is 3. The van der Waals surface area contributed by atoms with Crippen molar-refractivity contribution in [3.63, 3.8) is 0 Å². The highest BCUT2D eigenvalue weighted by Crippen LogP contribution is 2.36. The van der Waals surface area contributed by atoms with E-state index in [0.717, 1.165) is 17.1 Å². The third-order valence-electron chi connectivity index (χ3n) is 6.81. The third kappa shape index (κ3) is 7.35. The van der Waals surface area contributed by atoms with Gasteiger partial charge in [0, 0.05) is 42.5 Å². The number of rotatable bonds is 5. The van der Waals surface area contributed by atoms with Gasteiger partial charge in [-0.1, -0.05) is 11.6 Å². The van der Waals surface area contributed by atoms with Crippen LogP contribution in [-0.4, -0.2) is 68.5 Å². The molecule has 5 rings (SSSR count). The quantitative estimate of drug-likeness (QED) is 0.354. The minimum absolute atomic E-state index is 0. The summed E-state index contributed by atoms with van der Waals surface area (Å²) in [6, 6.07) is 1.41. The average Bonchev–Trinajstić information content (AvgIpc) is 3.58. The second kappa shape index (κ2) is 12.9. The molecular weight excluding hydrogens is 624 g/mol. The fraction of sp³-hybridized carbons (Fsp3) is 0.458. The van der Waals surface area contributed by atoms with E-state index in [1.807, 2.05) is 7.05 Å². The highest BCUT2D eigenvalue weighted by Gasteiger charge is 2.41. The molecule has 3 N–H and O–H groups in total. The number of hydrogen-bond donors (Lipinski definition) is 3. The predicted molar refractivity (Wildman–Crippen MR) is 146 cm³/mol. The largest absolute Gasteiger partial charge is 0.470 e. The lowest BCUT2D eigenvalue weighted by Gasteiger charge is -2.35. The second-order valence-electron chi connectivity index (χ2n) is 9.81. The first-order valence-corrected chi connectivity index (χ1v) is 13.8. The van der Waals surface area contributed by atoms with Crippen molar-refractivity contribution in [2.75, 3.05) is 18.9 Å². The van der Waals surface area contributed by atoms with Gasteiger partial charge in [-0.15, -0.1) is 33.9 Å². The van der Waals surface area contributed by atoms with E-state index in [1.54, 1.807) is 0 Å². The molecule has 4 heterocycles. The monoisotopic (exact) mass is 648 g/mol. The molecule has 3 amide bonds. The molecule has 1 aliphatic heterocycles. The van der Waals surface area contributed by atoms with Crippen LogP contribution in [0, 0.1) is 0 Å². The van der Waals surface area contributed by atoms with Gasteiger partial charge in [0.25, 0.3) is 5.91 Å². The first-order chi connectivity index (χ1) is 19.5. The van der Waals surface area contributed by atoms with Crippen molar-refractivity contribution in [2.45, 2.75) is 56.4 Å². The van der Waals surface area contributed by atoms with E-state index in [-0.39, 0.29) is 48.4 Å². The molecule has 0 spiro atoms. The number of nitrogens with one attached hydrogen (secondary N) is 3. The number of thiazole rings is 1. The maximum absolute atomic E-state index is 13.2. The summed E-state index contributed by atoms with van der Waals surface area (Å²) >= 11 is 7.05. The molecule has 0 saturated heterocycles. The van der Waals surface area contributed by atoms with Gasteiger partial charge < -0.3 is 25.3 Å². The van der Waals surface area contributed by atoms with Crippen LogP contribution in [0.15, 0.2) is 22.7 Å². The molecule has 1 fully saturated rings. The molecule has 12 nitrogen and oxygen atoms in total. The van der Waals surface area contributed by atoms with Crippen LogP contribution in [0.5, 0.6) is 0 Å². The number of nitrogens with zero attached hydrogens (tertiary/aromatic N) is 5. The number of likely N-dealkylation sites (N-methyl/N-ethyl adjacent to an activating group) is 1. The Kier molecular flexibility index (Phi) is 9.70. The van der Waals surface area contributed by atoms with Crippen molar-refractivity contribution in [1.29, 1.82) is 0 Å². The van der Waals surface area contributed by atoms with E-state index < -0.39 is 47.8 Å². The van der Waals surface area contributed by atoms with Crippen LogP contribution in [0.1, 0.15) is 57.3 Å². The van der Waals surface area contributed by atoms with Crippen molar-refractivity contribution in [2.24, 2.45) is 0 Å². The van der Waals surface area contributed by atoms with Crippen molar-refractivity contribution in [3.05, 3.63) is 50.7 Å². The highest BCUT2D eigenvalue weighted by molar-refractivity contribution is 7.13. The SMILES string of the molecule is CN1CCc2nc(C(=O)N[C@@H]3C[C@@H](c4nnc(C(F)(F)F)o4)CC[C@@H]3NC(=O)C(=O)Nc3ccc(Cl)cn3)sc2C1.Cl. The van der Waals surface area contributed by atoms with Crippen LogP contribution in [0.3, 0.4) is 0 Å². The maximum Gasteiger partial charge on any atom is 0.470 e. The molecule has 3 atom stereocenters. The standard InChI is InChI=1S/C24H24ClF3N8O4S.ClH/c1-36-7-6-14-16(10-36)41-22(32-14)20(39)31-15-8-11(21-34-35-23(40-21)24(26,27)28)2-4-13(15)30-18(37)19(38)33-17-5-3-12(25)9-29-17;/h3,5,9,11,13,15H,2,4,6-8,10H2,1H3,(H,30,37)(H,31,39)(H,29,33,38);1H/t11-,13-,15+;/m0./s1. The van der Waals surface area contributed by atoms with E-state index in [4.69, 9.17) is 16.0 Å². The minimum atomic E-state index is -4.80. The van der Waals surface area contributed by atoms with Gasteiger partial charge in [0.1, 0.15) is 5.82 Å². The summed E-state index contributed by atoms with van der Waals surface area (Å²) in [7, 11) is 1.97. The fourth-order valence-electron chi connectivity index (χ4n) is 4.75. The van der Waals surface area contributed by atoms with Gasteiger partial charge in [0.15, 0.2) is 5.01 Å². The number of pyridine rings is 1. The summed E-state index contributed by atoms with van der Waals surface area (Å²) in [4.78, 5) is 50.0. The summed E-state index contributed by atoms with van der Waals surface area (Å²) in [6.45, 7) is 1.48. The summed E-state index contributed by atoms with van der Waals surface area (Å²) in [5, 5.41) is 15.1. The number of hydrogen-bond acceptors (Lipinski definition) is 10. The first-order valence-electron chi connectivity index (χ1n) is 12.6. The first kappa shape index (κ1) is 31.6. The highest BCUT2D eigenvalue weighted by atomic mass is 35.5. The predicted octanol–water partition coefficient (Wildman–Crippen LogP) is 3.19. The molecule has 0 bridgehead atoms. The minimum Gasteiger partial charge on any atom is -0.417 e. The number of alkyl halides is 3. The average molecular weight is 649 g/mol. The molecule has 2 aliphatic rings. The molecule has 3 aromatic rings. The number of fused-ring (bicyclic) bond motifs is 1. The van der Waals surface area contributed by atoms with Crippen molar-refractivity contribution in [1.82, 2.24) is 35.7 Å². The molecule has 1 aliphatic carbocycles. The molecule has 3 aromatic heterocycles. The van der Waals surface area contributed by atoms with Gasteiger partial charge in [-0.05, 0) is 38.4 Å². The Labute approximate surface area is 252 Å². The van der Waals surface area contributed by atoms with Crippen molar-refractivity contribution in [3.8, 4) is 0 Å². The Morgan fingerprint density at radius 1 is 1.12 bits per heavy atom. The summed E-state index contributed by atoms with van der Waals surface area (Å²) in [6.07, 6.45) is -2.25. The van der Waals surface area contributed by atoms with Gasteiger partial charge in [0.05, 0.1) is 16.8 Å². The van der Waals surface area contributed by atoms with Crippen LogP contribution < -0.4 is 16.0 Å². The molecule has 18 heteroatoms. The third-order valence-corrected chi connectivity index (χ3v) is 8.11. The van der Waals surface area contributed by atoms with E-state index in [9.17, 15) is 27.6 Å². The van der Waals surface area contributed by atoms with Crippen LogP contribution in [0.2, 0.25) is 5.02 Å². The molecule has 0 unspecified atom stereocenters. The van der Waals surface area contributed by atoms with Gasteiger partial charge in [-0.25, -0.2) is 9.97 Å². The Hall–Kier alpha value is -3.34. The topological polar surface area (TPSA) is 155 Å². The zero-order valence-corrected chi connectivity index (χ0v) is 24.3. The summed E-state index contributed by atoms with van der Waals surface area (Å²) < 4.78 is 44.0. The molecule has 0 aromatic carbocycles. The molecule has 226 valence electrons. The number of anilines is 1. The van der Waals surface area contributed by atoms with E-state index in [0.29, 0.717) is 18.0 Å². The summed E-state index contributed by atoms with van der Waals surface area (Å²) in [5.74, 6) is -4.66. The molecular formula is C24H25Cl2F3N8O4S. The van der Waals surface area contributed by atoms with Crippen molar-refractivity contribution < 1.29 is 32.0 Å². The fourth-order valence-corrected chi connectivity index (χ4v) is 5.95. The molecule has 1 saturated carbocycles. The Morgan fingerprint density at radius 2 is 1.90 bits per heavy atom. The van der Waals surface area contributed by atoms with E-state index in [2.05, 4.69) is 41.0 Å². The zero-order valence-electron chi connectivity index (χ0n) is 21.9. The van der Waals surface area contributed by atoms with Crippen LogP contribution in [0.25, 0.3) is 0 Å². The molecule has 42 heavy (non-hydrogen) atoms. The van der Waals surface area contributed by atoms with Gasteiger partial charge in [-0.2, -0.15) is 13.2 Å². The van der Waals surface area contributed by atoms with E-state index in [1.165, 1.54) is 29.7 Å².